The molecule has 0 unspecified atom stereocenters. The van der Waals surface area contributed by atoms with Gasteiger partial charge in [0.15, 0.2) is 0 Å². The third-order valence-corrected chi connectivity index (χ3v) is 7.92. The van der Waals surface area contributed by atoms with Gasteiger partial charge in [-0.25, -0.2) is 14.8 Å². The van der Waals surface area contributed by atoms with Crippen LogP contribution in [-0.2, 0) is 9.53 Å². The lowest BCUT2D eigenvalue weighted by Gasteiger charge is -2.30. The second-order valence-corrected chi connectivity index (χ2v) is 11.1. The van der Waals surface area contributed by atoms with Crippen LogP contribution in [0.2, 0.25) is 0 Å². The number of methoxy groups -OCH3 is 1. The number of aromatic amines is 2. The van der Waals surface area contributed by atoms with Crippen molar-refractivity contribution in [2.75, 3.05) is 13.7 Å². The number of nitrogens with zero attached hydrogens (tertiary/aromatic N) is 3. The highest BCUT2D eigenvalue weighted by Crippen LogP contribution is 2.34. The summed E-state index contributed by atoms with van der Waals surface area (Å²) in [5, 5.41) is 4.98. The third kappa shape index (κ3) is 5.15. The van der Waals surface area contributed by atoms with Crippen LogP contribution in [0.5, 0.6) is 0 Å². The average molecular weight is 551 g/mol. The van der Waals surface area contributed by atoms with E-state index in [0.29, 0.717) is 6.54 Å². The largest absolute Gasteiger partial charge is 0.453 e. The Morgan fingerprint density at radius 2 is 1.71 bits per heavy atom. The molecule has 9 nitrogen and oxygen atoms in total. The molecule has 0 saturated carbocycles. The first-order valence-electron chi connectivity index (χ1n) is 14.0. The van der Waals surface area contributed by atoms with E-state index in [0.717, 1.165) is 68.7 Å². The predicted molar refractivity (Wildman–Crippen MR) is 159 cm³/mol. The molecule has 3 aromatic carbocycles. The zero-order valence-corrected chi connectivity index (χ0v) is 23.7. The van der Waals surface area contributed by atoms with Gasteiger partial charge in [0.05, 0.1) is 36.1 Å². The minimum Gasteiger partial charge on any atom is -0.453 e. The number of aromatic nitrogens is 4. The lowest BCUT2D eigenvalue weighted by Crippen LogP contribution is -2.51. The Hall–Kier alpha value is -4.66. The fourth-order valence-corrected chi connectivity index (χ4v) is 5.76. The molecule has 9 heteroatoms. The van der Waals surface area contributed by atoms with E-state index in [4.69, 9.17) is 4.74 Å². The molecule has 2 aromatic heterocycles. The molecule has 41 heavy (non-hydrogen) atoms. The Bertz CT molecular complexity index is 1750. The summed E-state index contributed by atoms with van der Waals surface area (Å²) in [5.41, 5.74) is 6.23. The van der Waals surface area contributed by atoms with Crippen LogP contribution in [0.4, 0.5) is 4.79 Å². The molecule has 1 aliphatic rings. The predicted octanol–water partition coefficient (Wildman–Crippen LogP) is 6.13. The van der Waals surface area contributed by atoms with Crippen LogP contribution in [0, 0.1) is 12.8 Å². The second kappa shape index (κ2) is 10.7. The van der Waals surface area contributed by atoms with Crippen LogP contribution >= 0.6 is 0 Å². The van der Waals surface area contributed by atoms with Gasteiger partial charge in [0, 0.05) is 12.1 Å². The van der Waals surface area contributed by atoms with Crippen molar-refractivity contribution in [3.63, 3.8) is 0 Å². The molecular formula is C32H34N6O3. The standard InChI is InChI=1S/C32H34N6O3/c1-18(2)29(37-32(40)41-4)31(39)38-13-5-6-28(38)30-33-17-27(36-30)24-10-9-20-14-21(7-8-22(20)15-24)23-11-12-25-26(16-23)35-19(3)34-25/h7-12,14-18,28-29H,5-6,13H2,1-4H3,(H,33,36)(H,34,35)(H,37,40)/t28-,29-/m0/s1. The summed E-state index contributed by atoms with van der Waals surface area (Å²) in [4.78, 5) is 43.1. The number of amides is 2. The Morgan fingerprint density at radius 1 is 1.00 bits per heavy atom. The van der Waals surface area contributed by atoms with Crippen LogP contribution in [0.25, 0.3) is 44.2 Å². The van der Waals surface area contributed by atoms with E-state index >= 15 is 0 Å². The van der Waals surface area contributed by atoms with Gasteiger partial charge in [-0.05, 0) is 71.8 Å². The maximum Gasteiger partial charge on any atom is 0.407 e. The summed E-state index contributed by atoms with van der Waals surface area (Å²) in [6.07, 6.45) is 2.91. The Morgan fingerprint density at radius 3 is 2.46 bits per heavy atom. The molecule has 0 aliphatic carbocycles. The fourth-order valence-electron chi connectivity index (χ4n) is 5.76. The number of carbonyl (C=O) groups is 2. The SMILES string of the molecule is COC(=O)N[C@H](C(=O)N1CCC[C@H]1c1ncc(-c2ccc3cc(-c4ccc5nc(C)[nH]c5c4)ccc3c2)[nH]1)C(C)C. The number of nitrogens with one attached hydrogen (secondary N) is 3. The van der Waals surface area contributed by atoms with Gasteiger partial charge in [0.2, 0.25) is 5.91 Å². The molecule has 3 N–H and O–H groups in total. The number of hydrogen-bond donors (Lipinski definition) is 3. The molecule has 0 spiro atoms. The molecule has 0 bridgehead atoms. The van der Waals surface area contributed by atoms with E-state index in [1.54, 1.807) is 0 Å². The number of aryl methyl sites for hydroxylation is 1. The monoisotopic (exact) mass is 550 g/mol. The van der Waals surface area contributed by atoms with Gasteiger partial charge in [-0.2, -0.15) is 0 Å². The van der Waals surface area contributed by atoms with Crippen molar-refractivity contribution in [3.8, 4) is 22.4 Å². The van der Waals surface area contributed by atoms with E-state index in [9.17, 15) is 9.59 Å². The number of ether oxygens (including phenoxy) is 1. The van der Waals surface area contributed by atoms with Crippen molar-refractivity contribution in [1.82, 2.24) is 30.2 Å². The number of likely N-dealkylation sites (tertiary alicyclic amines) is 1. The van der Waals surface area contributed by atoms with Gasteiger partial charge in [-0.3, -0.25) is 4.79 Å². The molecule has 5 aromatic rings. The van der Waals surface area contributed by atoms with Crippen molar-refractivity contribution in [3.05, 3.63) is 72.4 Å². The number of imidazole rings is 2. The summed E-state index contributed by atoms with van der Waals surface area (Å²) in [6.45, 7) is 6.41. The first-order valence-corrected chi connectivity index (χ1v) is 14.0. The van der Waals surface area contributed by atoms with Crippen molar-refractivity contribution in [2.45, 2.75) is 45.7 Å². The van der Waals surface area contributed by atoms with Gasteiger partial charge in [0.25, 0.3) is 0 Å². The van der Waals surface area contributed by atoms with Crippen LogP contribution in [-0.4, -0.2) is 56.5 Å². The minimum absolute atomic E-state index is 0.0781. The van der Waals surface area contributed by atoms with Crippen LogP contribution in [0.15, 0.2) is 60.8 Å². The maximum atomic E-state index is 13.5. The first-order chi connectivity index (χ1) is 19.8. The summed E-state index contributed by atoms with van der Waals surface area (Å²) in [5.74, 6) is 1.47. The number of alkyl carbamates (subject to hydrolysis) is 1. The molecule has 1 aliphatic heterocycles. The highest BCUT2D eigenvalue weighted by atomic mass is 16.5. The molecule has 6 rings (SSSR count). The Kier molecular flexibility index (Phi) is 6.95. The maximum absolute atomic E-state index is 13.5. The summed E-state index contributed by atoms with van der Waals surface area (Å²) < 4.78 is 4.74. The number of carbonyl (C=O) groups excluding carboxylic acids is 2. The fraction of sp³-hybridized carbons (Fsp3) is 0.312. The van der Waals surface area contributed by atoms with E-state index < -0.39 is 12.1 Å². The van der Waals surface area contributed by atoms with E-state index in [2.05, 4.69) is 79.9 Å². The van der Waals surface area contributed by atoms with E-state index in [1.807, 2.05) is 31.9 Å². The van der Waals surface area contributed by atoms with Crippen molar-refractivity contribution < 1.29 is 14.3 Å². The van der Waals surface area contributed by atoms with Crippen molar-refractivity contribution in [2.24, 2.45) is 5.92 Å². The highest BCUT2D eigenvalue weighted by molar-refractivity contribution is 5.92. The van der Waals surface area contributed by atoms with Crippen LogP contribution in [0.1, 0.15) is 44.4 Å². The third-order valence-electron chi connectivity index (χ3n) is 7.92. The summed E-state index contributed by atoms with van der Waals surface area (Å²) >= 11 is 0. The molecule has 210 valence electrons. The van der Waals surface area contributed by atoms with Crippen LogP contribution in [0.3, 0.4) is 0 Å². The van der Waals surface area contributed by atoms with Gasteiger partial charge in [-0.15, -0.1) is 0 Å². The zero-order chi connectivity index (χ0) is 28.7. The lowest BCUT2D eigenvalue weighted by atomic mass is 9.99. The van der Waals surface area contributed by atoms with Crippen molar-refractivity contribution in [1.29, 1.82) is 0 Å². The molecule has 3 heterocycles. The first kappa shape index (κ1) is 26.6. The molecule has 0 radical (unpaired) electrons. The van der Waals surface area contributed by atoms with Crippen molar-refractivity contribution >= 4 is 33.8 Å². The van der Waals surface area contributed by atoms with Gasteiger partial charge < -0.3 is 24.9 Å². The van der Waals surface area contributed by atoms with Gasteiger partial charge in [0.1, 0.15) is 17.7 Å². The molecule has 1 fully saturated rings. The number of benzene rings is 3. The molecular weight excluding hydrogens is 516 g/mol. The quantitative estimate of drug-likeness (QED) is 0.235. The second-order valence-electron chi connectivity index (χ2n) is 11.1. The highest BCUT2D eigenvalue weighted by Gasteiger charge is 2.37. The number of hydrogen-bond acceptors (Lipinski definition) is 5. The number of rotatable bonds is 6. The topological polar surface area (TPSA) is 116 Å². The number of H-pyrrole nitrogens is 2. The Labute approximate surface area is 238 Å². The Balaban J connectivity index is 1.23. The van der Waals surface area contributed by atoms with E-state index in [1.165, 1.54) is 7.11 Å². The zero-order valence-electron chi connectivity index (χ0n) is 23.7. The van der Waals surface area contributed by atoms with Gasteiger partial charge >= 0.3 is 6.09 Å². The summed E-state index contributed by atoms with van der Waals surface area (Å²) in [7, 11) is 1.30. The normalized spacial score (nSPS) is 16.0. The molecule has 1 saturated heterocycles. The smallest absolute Gasteiger partial charge is 0.407 e. The van der Waals surface area contributed by atoms with Crippen LogP contribution < -0.4 is 5.32 Å². The summed E-state index contributed by atoms with van der Waals surface area (Å²) in [6, 6.07) is 18.3. The average Bonchev–Trinajstić information content (AvgIpc) is 3.73. The number of fused-ring (bicyclic) bond motifs is 2. The van der Waals surface area contributed by atoms with Gasteiger partial charge in [-0.1, -0.05) is 44.2 Å². The lowest BCUT2D eigenvalue weighted by molar-refractivity contribution is -0.135. The molecule has 2 atom stereocenters. The minimum atomic E-state index is -0.659. The molecule has 2 amide bonds. The van der Waals surface area contributed by atoms with E-state index in [-0.39, 0.29) is 17.9 Å².